The Kier molecular flexibility index (Phi) is 9.44. The molecular weight excluding hydrogens is 577 g/mol. The molecule has 0 amide bonds. The van der Waals surface area contributed by atoms with Gasteiger partial charge in [0, 0.05) is 0 Å². The first-order chi connectivity index (χ1) is 23.8. The Morgan fingerprint density at radius 1 is 0.146 bits per heavy atom. The average Bonchev–Trinajstić information content (AvgIpc) is 3.20. The standard InChI is InChI=1S/2C24H18/c1-4-10-19(11-5-1)22-16-23(20-12-6-2-7-13-20)18-24(17-22)21-14-8-3-9-15-21;1-4-10-19(11-5-1)22-16-17-23(20-12-6-2-7-13-20)24(18-22)21-14-8-3-9-15-21/h2*1-18H. The lowest BCUT2D eigenvalue weighted by molar-refractivity contribution is 1.56. The number of hydrogen-bond acceptors (Lipinski definition) is 0. The van der Waals surface area contributed by atoms with Crippen molar-refractivity contribution in [3.63, 3.8) is 0 Å². The molecule has 8 rings (SSSR count). The molecule has 0 atom stereocenters. The monoisotopic (exact) mass is 612 g/mol. The molecule has 0 saturated carbocycles. The van der Waals surface area contributed by atoms with Crippen molar-refractivity contribution in [2.45, 2.75) is 0 Å². The maximum absolute atomic E-state index is 2.30. The molecular formula is C48H36. The minimum absolute atomic E-state index is 1.24. The molecule has 8 aromatic carbocycles. The molecule has 8 aromatic rings. The van der Waals surface area contributed by atoms with Crippen LogP contribution < -0.4 is 0 Å². The van der Waals surface area contributed by atoms with E-state index in [0.717, 1.165) is 0 Å². The van der Waals surface area contributed by atoms with Gasteiger partial charge < -0.3 is 0 Å². The Balaban J connectivity index is 0.000000152. The first kappa shape index (κ1) is 30.4. The topological polar surface area (TPSA) is 0 Å². The fourth-order valence-electron chi connectivity index (χ4n) is 6.10. The molecule has 0 unspecified atom stereocenters. The lowest BCUT2D eigenvalue weighted by Gasteiger charge is -2.13. The summed E-state index contributed by atoms with van der Waals surface area (Å²) in [5.74, 6) is 0. The van der Waals surface area contributed by atoms with Gasteiger partial charge in [-0.25, -0.2) is 0 Å². The predicted molar refractivity (Wildman–Crippen MR) is 205 cm³/mol. The van der Waals surface area contributed by atoms with Gasteiger partial charge in [0.15, 0.2) is 0 Å². The number of rotatable bonds is 6. The van der Waals surface area contributed by atoms with Crippen molar-refractivity contribution in [3.8, 4) is 66.8 Å². The van der Waals surface area contributed by atoms with Gasteiger partial charge in [-0.1, -0.05) is 194 Å². The Hall–Kier alpha value is -6.24. The summed E-state index contributed by atoms with van der Waals surface area (Å²) in [7, 11) is 0. The third-order valence-corrected chi connectivity index (χ3v) is 8.55. The Bertz CT molecular complexity index is 2030. The van der Waals surface area contributed by atoms with Gasteiger partial charge in [0.2, 0.25) is 0 Å². The molecule has 0 heterocycles. The van der Waals surface area contributed by atoms with Crippen LogP contribution in [0.5, 0.6) is 0 Å². The fourth-order valence-corrected chi connectivity index (χ4v) is 6.10. The molecule has 0 fully saturated rings. The molecule has 0 aliphatic rings. The van der Waals surface area contributed by atoms with Crippen molar-refractivity contribution in [3.05, 3.63) is 218 Å². The van der Waals surface area contributed by atoms with E-state index >= 15 is 0 Å². The van der Waals surface area contributed by atoms with Crippen LogP contribution in [-0.4, -0.2) is 0 Å². The highest BCUT2D eigenvalue weighted by atomic mass is 14.1. The number of benzene rings is 8. The van der Waals surface area contributed by atoms with Crippen LogP contribution >= 0.6 is 0 Å². The second-order valence-electron chi connectivity index (χ2n) is 11.8. The zero-order valence-corrected chi connectivity index (χ0v) is 26.8. The molecule has 0 aliphatic heterocycles. The van der Waals surface area contributed by atoms with Crippen LogP contribution in [-0.2, 0) is 0 Å². The summed E-state index contributed by atoms with van der Waals surface area (Å²) in [5, 5.41) is 0. The predicted octanol–water partition coefficient (Wildman–Crippen LogP) is 13.4. The Labute approximate surface area is 284 Å². The van der Waals surface area contributed by atoms with E-state index in [1.807, 2.05) is 0 Å². The summed E-state index contributed by atoms with van der Waals surface area (Å²) in [6.07, 6.45) is 0. The molecule has 0 spiro atoms. The third-order valence-electron chi connectivity index (χ3n) is 8.55. The van der Waals surface area contributed by atoms with Crippen LogP contribution in [0, 0.1) is 0 Å². The maximum atomic E-state index is 2.30. The van der Waals surface area contributed by atoms with Crippen molar-refractivity contribution in [1.29, 1.82) is 0 Å². The molecule has 228 valence electrons. The largest absolute Gasteiger partial charge is 0.0622 e. The van der Waals surface area contributed by atoms with E-state index in [2.05, 4.69) is 218 Å². The van der Waals surface area contributed by atoms with Crippen molar-refractivity contribution in [1.82, 2.24) is 0 Å². The minimum atomic E-state index is 1.24. The van der Waals surface area contributed by atoms with Crippen molar-refractivity contribution in [2.24, 2.45) is 0 Å². The summed E-state index contributed by atoms with van der Waals surface area (Å²) >= 11 is 0. The molecule has 0 N–H and O–H groups in total. The molecule has 0 saturated heterocycles. The minimum Gasteiger partial charge on any atom is -0.0622 e. The summed E-state index contributed by atoms with van der Waals surface area (Å²) in [6, 6.07) is 77.0. The van der Waals surface area contributed by atoms with E-state index in [0.29, 0.717) is 0 Å². The zero-order chi connectivity index (χ0) is 32.4. The molecule has 0 radical (unpaired) electrons. The van der Waals surface area contributed by atoms with Crippen molar-refractivity contribution in [2.75, 3.05) is 0 Å². The van der Waals surface area contributed by atoms with Gasteiger partial charge in [0.05, 0.1) is 0 Å². The van der Waals surface area contributed by atoms with Crippen molar-refractivity contribution >= 4 is 0 Å². The molecule has 0 nitrogen and oxygen atoms in total. The smallest absolute Gasteiger partial charge is 0.00992 e. The van der Waals surface area contributed by atoms with Gasteiger partial charge in [0.25, 0.3) is 0 Å². The highest BCUT2D eigenvalue weighted by molar-refractivity contribution is 5.87. The van der Waals surface area contributed by atoms with Crippen LogP contribution in [0.25, 0.3) is 66.8 Å². The van der Waals surface area contributed by atoms with Gasteiger partial charge in [-0.2, -0.15) is 0 Å². The molecule has 0 aliphatic carbocycles. The van der Waals surface area contributed by atoms with Gasteiger partial charge in [-0.05, 0) is 91.0 Å². The second kappa shape index (κ2) is 14.9. The summed E-state index contributed by atoms with van der Waals surface area (Å²) in [6.45, 7) is 0. The van der Waals surface area contributed by atoms with Crippen molar-refractivity contribution < 1.29 is 0 Å². The quantitative estimate of drug-likeness (QED) is 0.175. The van der Waals surface area contributed by atoms with E-state index in [1.54, 1.807) is 0 Å². The van der Waals surface area contributed by atoms with Crippen LogP contribution in [0.15, 0.2) is 218 Å². The highest BCUT2D eigenvalue weighted by Crippen LogP contribution is 2.36. The van der Waals surface area contributed by atoms with E-state index in [1.165, 1.54) is 66.8 Å². The first-order valence-electron chi connectivity index (χ1n) is 16.4. The van der Waals surface area contributed by atoms with E-state index in [9.17, 15) is 0 Å². The maximum Gasteiger partial charge on any atom is -0.00992 e. The summed E-state index contributed by atoms with van der Waals surface area (Å²) < 4.78 is 0. The third kappa shape index (κ3) is 7.25. The molecule has 0 bridgehead atoms. The highest BCUT2D eigenvalue weighted by Gasteiger charge is 2.10. The Morgan fingerprint density at radius 2 is 0.417 bits per heavy atom. The SMILES string of the molecule is c1ccc(-c2cc(-c3ccccc3)cc(-c3ccccc3)c2)cc1.c1ccc(-c2ccc(-c3ccccc3)c(-c3ccccc3)c2)cc1. The summed E-state index contributed by atoms with van der Waals surface area (Å²) in [4.78, 5) is 0. The number of hydrogen-bond donors (Lipinski definition) is 0. The lowest BCUT2D eigenvalue weighted by Crippen LogP contribution is -1.87. The van der Waals surface area contributed by atoms with Crippen LogP contribution in [0.2, 0.25) is 0 Å². The fraction of sp³-hybridized carbons (Fsp3) is 0. The van der Waals surface area contributed by atoms with E-state index < -0.39 is 0 Å². The lowest BCUT2D eigenvalue weighted by atomic mass is 9.91. The second-order valence-corrected chi connectivity index (χ2v) is 11.8. The van der Waals surface area contributed by atoms with Gasteiger partial charge in [0.1, 0.15) is 0 Å². The van der Waals surface area contributed by atoms with Crippen LogP contribution in [0.4, 0.5) is 0 Å². The summed E-state index contributed by atoms with van der Waals surface area (Å²) in [5.41, 5.74) is 15.0. The van der Waals surface area contributed by atoms with E-state index in [-0.39, 0.29) is 0 Å². The van der Waals surface area contributed by atoms with Gasteiger partial charge in [-0.15, -0.1) is 0 Å². The first-order valence-corrected chi connectivity index (χ1v) is 16.4. The van der Waals surface area contributed by atoms with Gasteiger partial charge >= 0.3 is 0 Å². The van der Waals surface area contributed by atoms with Gasteiger partial charge in [-0.3, -0.25) is 0 Å². The average molecular weight is 613 g/mol. The van der Waals surface area contributed by atoms with Crippen LogP contribution in [0.3, 0.4) is 0 Å². The van der Waals surface area contributed by atoms with Crippen LogP contribution in [0.1, 0.15) is 0 Å². The van der Waals surface area contributed by atoms with E-state index in [4.69, 9.17) is 0 Å². The molecule has 48 heavy (non-hydrogen) atoms. The normalized spacial score (nSPS) is 10.5. The molecule has 0 heteroatoms. The molecule has 0 aromatic heterocycles. The zero-order valence-electron chi connectivity index (χ0n) is 26.8. The Morgan fingerprint density at radius 3 is 0.750 bits per heavy atom.